The van der Waals surface area contributed by atoms with E-state index >= 15 is 0 Å². The van der Waals surface area contributed by atoms with Gasteiger partial charge in [0.05, 0.1) is 0 Å². The lowest BCUT2D eigenvalue weighted by molar-refractivity contribution is 0.178. The van der Waals surface area contributed by atoms with Crippen LogP contribution >= 0.6 is 0 Å². The molecule has 138 valence electrons. The molecule has 0 saturated heterocycles. The lowest BCUT2D eigenvalue weighted by Gasteiger charge is -2.43. The molecule has 0 amide bonds. The Balaban J connectivity index is 0.000000280. The van der Waals surface area contributed by atoms with Crippen molar-refractivity contribution in [2.75, 3.05) is 0 Å². The van der Waals surface area contributed by atoms with Gasteiger partial charge < -0.3 is 23.4 Å². The normalized spacial score (nSPS) is 27.3. The molecule has 3 aliphatic rings. The minimum atomic E-state index is 0. The van der Waals surface area contributed by atoms with E-state index in [0.717, 1.165) is 6.42 Å². The Bertz CT molecular complexity index is 278. The highest BCUT2D eigenvalue weighted by atomic mass is 14.8. The molecule has 0 aromatic rings. The van der Waals surface area contributed by atoms with Gasteiger partial charge >= 0.3 is 0 Å². The van der Waals surface area contributed by atoms with Gasteiger partial charge in [0.1, 0.15) is 0 Å². The molecule has 3 rings (SSSR count). The van der Waals surface area contributed by atoms with Crippen molar-refractivity contribution in [2.24, 2.45) is 17.2 Å². The molecule has 23 heavy (non-hydrogen) atoms. The van der Waals surface area contributed by atoms with E-state index in [1.807, 2.05) is 0 Å². The fourth-order valence-electron chi connectivity index (χ4n) is 4.70. The van der Waals surface area contributed by atoms with Crippen molar-refractivity contribution in [2.45, 2.75) is 120 Å². The van der Waals surface area contributed by atoms with Gasteiger partial charge in [-0.1, -0.05) is 57.8 Å². The van der Waals surface area contributed by atoms with Crippen LogP contribution in [-0.4, -0.2) is 17.1 Å². The van der Waals surface area contributed by atoms with E-state index in [4.69, 9.17) is 17.2 Å². The summed E-state index contributed by atoms with van der Waals surface area (Å²) in [5.74, 6) is 0. The number of nitrogens with two attached hydrogens (primary N) is 3. The van der Waals surface area contributed by atoms with Gasteiger partial charge in [-0.25, -0.2) is 0 Å². The summed E-state index contributed by atoms with van der Waals surface area (Å²) in [6.07, 6.45) is 20.5. The van der Waals surface area contributed by atoms with Gasteiger partial charge in [0.2, 0.25) is 0 Å². The summed E-state index contributed by atoms with van der Waals surface area (Å²) in [4.78, 5) is 0. The van der Waals surface area contributed by atoms with Crippen LogP contribution in [0.15, 0.2) is 0 Å². The summed E-state index contributed by atoms with van der Waals surface area (Å²) < 4.78 is 0. The van der Waals surface area contributed by atoms with E-state index in [-0.39, 0.29) is 17.2 Å². The van der Waals surface area contributed by atoms with Crippen molar-refractivity contribution < 1.29 is 0 Å². The second kappa shape index (κ2) is 9.97. The third-order valence-corrected chi connectivity index (χ3v) is 6.05. The lowest BCUT2D eigenvalue weighted by Crippen LogP contribution is -2.53. The van der Waals surface area contributed by atoms with Gasteiger partial charge in [0.25, 0.3) is 0 Å². The zero-order valence-electron chi connectivity index (χ0n) is 15.3. The van der Waals surface area contributed by atoms with Gasteiger partial charge in [-0.05, 0) is 44.9 Å². The summed E-state index contributed by atoms with van der Waals surface area (Å²) in [5.41, 5.74) is 18.8. The molecule has 0 bridgehead atoms. The predicted molar refractivity (Wildman–Crippen MR) is 101 cm³/mol. The van der Waals surface area contributed by atoms with Gasteiger partial charge in [-0.15, -0.1) is 0 Å². The maximum atomic E-state index is 6.50. The third kappa shape index (κ3) is 7.51. The second-order valence-corrected chi connectivity index (χ2v) is 8.42. The zero-order chi connectivity index (χ0) is 15.9. The summed E-state index contributed by atoms with van der Waals surface area (Å²) in [5, 5.41) is 0. The van der Waals surface area contributed by atoms with Crippen LogP contribution in [-0.2, 0) is 0 Å². The van der Waals surface area contributed by atoms with Crippen LogP contribution in [0.4, 0.5) is 0 Å². The molecule has 3 fully saturated rings. The van der Waals surface area contributed by atoms with Crippen molar-refractivity contribution in [1.82, 2.24) is 6.15 Å². The standard InChI is InChI=1S/C13H26N2.C6H13N.H3N/c14-12(7-3-1-4-8-12)11-13(15)9-5-2-6-10-13;7-6-4-2-1-3-5-6;/h1-11,14-15H2;6H,1-5,7H2;1H3. The first-order chi connectivity index (χ1) is 10.5. The van der Waals surface area contributed by atoms with E-state index in [9.17, 15) is 0 Å². The lowest BCUT2D eigenvalue weighted by atomic mass is 9.69. The highest BCUT2D eigenvalue weighted by molar-refractivity contribution is 4.99. The maximum Gasteiger partial charge on any atom is 0.0171 e. The first-order valence-electron chi connectivity index (χ1n) is 9.85. The molecular weight excluding hydrogens is 284 g/mol. The SMILES string of the molecule is N.NC1(CC2(N)CCCCC2)CCCCC1.NC1CCCCC1. The van der Waals surface area contributed by atoms with Crippen LogP contribution in [0.25, 0.3) is 0 Å². The highest BCUT2D eigenvalue weighted by Gasteiger charge is 2.37. The summed E-state index contributed by atoms with van der Waals surface area (Å²) >= 11 is 0. The molecular formula is C19H42N4. The van der Waals surface area contributed by atoms with Crippen LogP contribution in [0.2, 0.25) is 0 Å². The minimum Gasteiger partial charge on any atom is -0.344 e. The predicted octanol–water partition coefficient (Wildman–Crippen LogP) is 4.14. The topological polar surface area (TPSA) is 113 Å². The Hall–Kier alpha value is -0.160. The average Bonchev–Trinajstić information content (AvgIpc) is 2.49. The van der Waals surface area contributed by atoms with Crippen LogP contribution in [0, 0.1) is 0 Å². The Morgan fingerprint density at radius 3 is 1.26 bits per heavy atom. The van der Waals surface area contributed by atoms with Crippen molar-refractivity contribution in [3.8, 4) is 0 Å². The van der Waals surface area contributed by atoms with Crippen molar-refractivity contribution in [1.29, 1.82) is 0 Å². The van der Waals surface area contributed by atoms with Crippen LogP contribution < -0.4 is 23.4 Å². The number of hydrogen-bond donors (Lipinski definition) is 4. The summed E-state index contributed by atoms with van der Waals surface area (Å²) in [6, 6.07) is 0.536. The van der Waals surface area contributed by atoms with Crippen molar-refractivity contribution >= 4 is 0 Å². The van der Waals surface area contributed by atoms with Crippen molar-refractivity contribution in [3.05, 3.63) is 0 Å². The summed E-state index contributed by atoms with van der Waals surface area (Å²) in [7, 11) is 0. The molecule has 3 aliphatic carbocycles. The molecule has 0 unspecified atom stereocenters. The molecule has 0 aromatic heterocycles. The molecule has 4 nitrogen and oxygen atoms in total. The first-order valence-corrected chi connectivity index (χ1v) is 9.85. The maximum absolute atomic E-state index is 6.50. The first kappa shape index (κ1) is 20.9. The largest absolute Gasteiger partial charge is 0.344 e. The van der Waals surface area contributed by atoms with E-state index in [1.165, 1.54) is 96.3 Å². The van der Waals surface area contributed by atoms with Crippen LogP contribution in [0.1, 0.15) is 103 Å². The van der Waals surface area contributed by atoms with Gasteiger partial charge in [-0.3, -0.25) is 0 Å². The molecule has 3 saturated carbocycles. The van der Waals surface area contributed by atoms with Crippen molar-refractivity contribution in [3.63, 3.8) is 0 Å². The quantitative estimate of drug-likeness (QED) is 0.610. The minimum absolute atomic E-state index is 0. The molecule has 0 heterocycles. The number of hydrogen-bond acceptors (Lipinski definition) is 4. The van der Waals surface area contributed by atoms with E-state index in [1.54, 1.807) is 0 Å². The fraction of sp³-hybridized carbons (Fsp3) is 1.00. The second-order valence-electron chi connectivity index (χ2n) is 8.42. The zero-order valence-corrected chi connectivity index (χ0v) is 15.3. The van der Waals surface area contributed by atoms with Gasteiger partial charge in [0.15, 0.2) is 0 Å². The molecule has 0 radical (unpaired) electrons. The summed E-state index contributed by atoms with van der Waals surface area (Å²) in [6.45, 7) is 0. The Morgan fingerprint density at radius 2 is 0.957 bits per heavy atom. The Labute approximate surface area is 143 Å². The van der Waals surface area contributed by atoms with E-state index in [0.29, 0.717) is 6.04 Å². The molecule has 0 atom stereocenters. The molecule has 0 spiro atoms. The van der Waals surface area contributed by atoms with Crippen LogP contribution in [0.3, 0.4) is 0 Å². The fourth-order valence-corrected chi connectivity index (χ4v) is 4.70. The Kier molecular flexibility index (Phi) is 9.06. The van der Waals surface area contributed by atoms with Gasteiger partial charge in [0, 0.05) is 17.1 Å². The Morgan fingerprint density at radius 1 is 0.609 bits per heavy atom. The smallest absolute Gasteiger partial charge is 0.0171 e. The average molecular weight is 327 g/mol. The molecule has 9 N–H and O–H groups in total. The molecule has 0 aromatic carbocycles. The highest BCUT2D eigenvalue weighted by Crippen LogP contribution is 2.37. The monoisotopic (exact) mass is 326 g/mol. The number of rotatable bonds is 2. The van der Waals surface area contributed by atoms with Gasteiger partial charge in [-0.2, -0.15) is 0 Å². The van der Waals surface area contributed by atoms with Crippen LogP contribution in [0.5, 0.6) is 0 Å². The third-order valence-electron chi connectivity index (χ3n) is 6.05. The van der Waals surface area contributed by atoms with E-state index in [2.05, 4.69) is 0 Å². The van der Waals surface area contributed by atoms with E-state index < -0.39 is 0 Å². The molecule has 4 heteroatoms. The molecule has 0 aliphatic heterocycles.